The van der Waals surface area contributed by atoms with Crippen LogP contribution < -0.4 is 0 Å². The Bertz CT molecular complexity index is 1150. The van der Waals surface area contributed by atoms with Crippen LogP contribution in [-0.4, -0.2) is 49.1 Å². The largest absolute Gasteiger partial charge is 0.459 e. The standard InChI is InChI=1S/C30H32O7/c1-29(2)36-26-28(37-29)35-25(20-32-18-22-12-6-3-7-13-22)30(26,34-19-23-14-8-4-9-15-23)21-33-27(31)24-16-10-5-11-17-24/h3-17,25-26,28H,18-21H2,1-2H3/t25-,26+,28-,30-/m1/s1. The lowest BCUT2D eigenvalue weighted by atomic mass is 9.92. The maximum Gasteiger partial charge on any atom is 0.338 e. The average Bonchev–Trinajstić information content (AvgIpc) is 3.37. The molecule has 0 aliphatic carbocycles. The highest BCUT2D eigenvalue weighted by Crippen LogP contribution is 2.46. The second kappa shape index (κ2) is 11.1. The summed E-state index contributed by atoms with van der Waals surface area (Å²) in [5.41, 5.74) is 1.31. The van der Waals surface area contributed by atoms with E-state index in [9.17, 15) is 4.79 Å². The van der Waals surface area contributed by atoms with Crippen molar-refractivity contribution in [1.82, 2.24) is 0 Å². The van der Waals surface area contributed by atoms with E-state index in [1.165, 1.54) is 0 Å². The second-order valence-electron chi connectivity index (χ2n) is 9.72. The van der Waals surface area contributed by atoms with Crippen LogP contribution in [0.4, 0.5) is 0 Å². The fraction of sp³-hybridized carbons (Fsp3) is 0.367. The van der Waals surface area contributed by atoms with Crippen LogP contribution in [0.25, 0.3) is 0 Å². The van der Waals surface area contributed by atoms with Crippen molar-refractivity contribution in [2.24, 2.45) is 0 Å². The van der Waals surface area contributed by atoms with E-state index in [0.29, 0.717) is 12.2 Å². The topological polar surface area (TPSA) is 72.5 Å². The van der Waals surface area contributed by atoms with E-state index >= 15 is 0 Å². The van der Waals surface area contributed by atoms with Gasteiger partial charge in [-0.15, -0.1) is 0 Å². The molecule has 2 fully saturated rings. The lowest BCUT2D eigenvalue weighted by Crippen LogP contribution is -2.56. The summed E-state index contributed by atoms with van der Waals surface area (Å²) in [5, 5.41) is 0. The molecule has 4 atom stereocenters. The number of carbonyl (C=O) groups is 1. The van der Waals surface area contributed by atoms with E-state index in [0.717, 1.165) is 11.1 Å². The third-order valence-electron chi connectivity index (χ3n) is 6.55. The molecule has 194 valence electrons. The van der Waals surface area contributed by atoms with Crippen molar-refractivity contribution in [3.63, 3.8) is 0 Å². The summed E-state index contributed by atoms with van der Waals surface area (Å²) in [6, 6.07) is 28.6. The van der Waals surface area contributed by atoms with Gasteiger partial charge in [0.1, 0.15) is 18.8 Å². The molecule has 0 amide bonds. The highest BCUT2D eigenvalue weighted by Gasteiger charge is 2.65. The van der Waals surface area contributed by atoms with Crippen molar-refractivity contribution in [2.75, 3.05) is 13.2 Å². The first-order valence-electron chi connectivity index (χ1n) is 12.5. The first-order chi connectivity index (χ1) is 18.0. The quantitative estimate of drug-likeness (QED) is 0.364. The summed E-state index contributed by atoms with van der Waals surface area (Å²) in [6.45, 7) is 4.44. The lowest BCUT2D eigenvalue weighted by molar-refractivity contribution is -0.251. The van der Waals surface area contributed by atoms with Gasteiger partial charge >= 0.3 is 5.97 Å². The van der Waals surface area contributed by atoms with Crippen molar-refractivity contribution < 1.29 is 33.2 Å². The predicted molar refractivity (Wildman–Crippen MR) is 135 cm³/mol. The predicted octanol–water partition coefficient (Wildman–Crippen LogP) is 4.89. The number of carbonyl (C=O) groups excluding carboxylic acids is 1. The minimum atomic E-state index is -1.16. The third kappa shape index (κ3) is 5.92. The van der Waals surface area contributed by atoms with Gasteiger partial charge in [0.05, 0.1) is 25.4 Å². The van der Waals surface area contributed by atoms with Crippen molar-refractivity contribution >= 4 is 5.97 Å². The zero-order valence-corrected chi connectivity index (χ0v) is 21.1. The molecule has 2 heterocycles. The Hall–Kier alpha value is -3.07. The summed E-state index contributed by atoms with van der Waals surface area (Å²) < 4.78 is 37.2. The lowest BCUT2D eigenvalue weighted by Gasteiger charge is -2.37. The van der Waals surface area contributed by atoms with Crippen molar-refractivity contribution in [1.29, 1.82) is 0 Å². The van der Waals surface area contributed by atoms with Gasteiger partial charge in [0.25, 0.3) is 0 Å². The molecule has 7 nitrogen and oxygen atoms in total. The summed E-state index contributed by atoms with van der Waals surface area (Å²) in [6.07, 6.45) is -1.92. The van der Waals surface area contributed by atoms with Gasteiger partial charge in [0.2, 0.25) is 0 Å². The molecule has 0 unspecified atom stereocenters. The molecule has 0 aromatic heterocycles. The molecule has 2 aliphatic heterocycles. The summed E-state index contributed by atoms with van der Waals surface area (Å²) >= 11 is 0. The average molecular weight is 505 g/mol. The van der Waals surface area contributed by atoms with Gasteiger partial charge in [-0.3, -0.25) is 0 Å². The van der Waals surface area contributed by atoms with E-state index in [-0.39, 0.29) is 19.8 Å². The molecular formula is C30H32O7. The normalized spacial score (nSPS) is 26.1. The Morgan fingerprint density at radius 1 is 0.811 bits per heavy atom. The number of benzene rings is 3. The summed E-state index contributed by atoms with van der Waals surface area (Å²) in [7, 11) is 0. The number of ether oxygens (including phenoxy) is 6. The Morgan fingerprint density at radius 2 is 1.41 bits per heavy atom. The van der Waals surface area contributed by atoms with E-state index in [2.05, 4.69) is 0 Å². The molecule has 3 aromatic carbocycles. The smallest absolute Gasteiger partial charge is 0.338 e. The van der Waals surface area contributed by atoms with Gasteiger partial charge in [-0.25, -0.2) is 4.79 Å². The minimum Gasteiger partial charge on any atom is -0.459 e. The second-order valence-corrected chi connectivity index (χ2v) is 9.72. The highest BCUT2D eigenvalue weighted by atomic mass is 16.8. The maximum atomic E-state index is 12.9. The molecule has 2 aliphatic rings. The number of hydrogen-bond donors (Lipinski definition) is 0. The van der Waals surface area contributed by atoms with Crippen LogP contribution in [-0.2, 0) is 41.6 Å². The van der Waals surface area contributed by atoms with Crippen LogP contribution in [0.15, 0.2) is 91.0 Å². The minimum absolute atomic E-state index is 0.0898. The van der Waals surface area contributed by atoms with Gasteiger partial charge in [-0.1, -0.05) is 78.9 Å². The van der Waals surface area contributed by atoms with E-state index in [4.69, 9.17) is 28.4 Å². The van der Waals surface area contributed by atoms with Gasteiger partial charge < -0.3 is 28.4 Å². The molecule has 0 spiro atoms. The Labute approximate surface area is 217 Å². The molecule has 37 heavy (non-hydrogen) atoms. The third-order valence-corrected chi connectivity index (χ3v) is 6.55. The first-order valence-corrected chi connectivity index (χ1v) is 12.5. The fourth-order valence-electron chi connectivity index (χ4n) is 4.68. The summed E-state index contributed by atoms with van der Waals surface area (Å²) in [4.78, 5) is 12.9. The molecule has 5 rings (SSSR count). The molecule has 2 saturated heterocycles. The van der Waals surface area contributed by atoms with Gasteiger partial charge in [-0.2, -0.15) is 0 Å². The molecule has 0 N–H and O–H groups in total. The van der Waals surface area contributed by atoms with Crippen LogP contribution in [0.3, 0.4) is 0 Å². The van der Waals surface area contributed by atoms with Crippen LogP contribution in [0.2, 0.25) is 0 Å². The van der Waals surface area contributed by atoms with Crippen LogP contribution in [0.5, 0.6) is 0 Å². The monoisotopic (exact) mass is 504 g/mol. The van der Waals surface area contributed by atoms with Crippen molar-refractivity contribution in [3.8, 4) is 0 Å². The van der Waals surface area contributed by atoms with Crippen LogP contribution in [0, 0.1) is 0 Å². The number of fused-ring (bicyclic) bond motifs is 1. The molecule has 0 radical (unpaired) electrons. The number of esters is 1. The van der Waals surface area contributed by atoms with Crippen molar-refractivity contribution in [2.45, 2.75) is 56.9 Å². The molecule has 7 heteroatoms. The Kier molecular flexibility index (Phi) is 7.69. The summed E-state index contributed by atoms with van der Waals surface area (Å²) in [5.74, 6) is -1.33. The molecular weight excluding hydrogens is 472 g/mol. The number of rotatable bonds is 10. The molecule has 0 bridgehead atoms. The van der Waals surface area contributed by atoms with Gasteiger partial charge in [-0.05, 0) is 37.1 Å². The fourth-order valence-corrected chi connectivity index (χ4v) is 4.68. The van der Waals surface area contributed by atoms with Crippen molar-refractivity contribution in [3.05, 3.63) is 108 Å². The van der Waals surface area contributed by atoms with Gasteiger partial charge in [0.15, 0.2) is 17.7 Å². The van der Waals surface area contributed by atoms with Crippen LogP contribution in [0.1, 0.15) is 35.3 Å². The van der Waals surface area contributed by atoms with Crippen LogP contribution >= 0.6 is 0 Å². The van der Waals surface area contributed by atoms with E-state index in [1.54, 1.807) is 24.3 Å². The number of hydrogen-bond acceptors (Lipinski definition) is 7. The highest BCUT2D eigenvalue weighted by molar-refractivity contribution is 5.89. The van der Waals surface area contributed by atoms with Gasteiger partial charge in [0, 0.05) is 0 Å². The SMILES string of the molecule is CC1(C)O[C@H]2O[C@H](COCc3ccccc3)[C@@](COC(=O)c3ccccc3)(OCc3ccccc3)[C@H]2O1. The maximum absolute atomic E-state index is 12.9. The van der Waals surface area contributed by atoms with E-state index in [1.807, 2.05) is 80.6 Å². The molecule has 0 saturated carbocycles. The zero-order valence-electron chi connectivity index (χ0n) is 21.1. The first kappa shape index (κ1) is 25.6. The zero-order chi connectivity index (χ0) is 25.7. The van der Waals surface area contributed by atoms with E-state index < -0.39 is 35.9 Å². The Balaban J connectivity index is 1.40. The molecule has 3 aromatic rings. The Morgan fingerprint density at radius 3 is 2.05 bits per heavy atom.